The second-order valence-corrected chi connectivity index (χ2v) is 8.02. The summed E-state index contributed by atoms with van der Waals surface area (Å²) in [6.45, 7) is 3.35. The van der Waals surface area contributed by atoms with Crippen LogP contribution in [0.15, 0.2) is 12.1 Å². The maximum atomic E-state index is 12.6. The van der Waals surface area contributed by atoms with E-state index in [1.165, 1.54) is 4.88 Å². The van der Waals surface area contributed by atoms with Crippen LogP contribution in [-0.2, 0) is 12.8 Å². The van der Waals surface area contributed by atoms with Crippen LogP contribution in [0, 0.1) is 5.92 Å². The van der Waals surface area contributed by atoms with Crippen molar-refractivity contribution in [1.29, 1.82) is 0 Å². The van der Waals surface area contributed by atoms with E-state index < -0.39 is 0 Å². The number of carbonyl (C=O) groups is 1. The first-order chi connectivity index (χ1) is 12.1. The van der Waals surface area contributed by atoms with Crippen LogP contribution in [0.5, 0.6) is 11.5 Å². The molecule has 1 aliphatic carbocycles. The zero-order valence-corrected chi connectivity index (χ0v) is 15.5. The first-order valence-corrected chi connectivity index (χ1v) is 9.68. The van der Waals surface area contributed by atoms with Gasteiger partial charge in [-0.3, -0.25) is 10.1 Å². The Morgan fingerprint density at radius 3 is 3.08 bits per heavy atom. The summed E-state index contributed by atoms with van der Waals surface area (Å²) in [6, 6.07) is 3.29. The number of nitrogens with zero attached hydrogens (tertiary/aromatic N) is 1. The average molecular weight is 379 g/mol. The van der Waals surface area contributed by atoms with Gasteiger partial charge in [-0.15, -0.1) is 11.3 Å². The van der Waals surface area contributed by atoms with Crippen LogP contribution in [0.25, 0.3) is 0 Å². The van der Waals surface area contributed by atoms with E-state index in [1.54, 1.807) is 23.5 Å². The van der Waals surface area contributed by atoms with E-state index in [0.717, 1.165) is 31.4 Å². The molecule has 2 heterocycles. The van der Waals surface area contributed by atoms with Gasteiger partial charge in [-0.05, 0) is 37.3 Å². The van der Waals surface area contributed by atoms with Crippen LogP contribution in [0.3, 0.4) is 0 Å². The molecule has 1 atom stereocenters. The summed E-state index contributed by atoms with van der Waals surface area (Å²) in [4.78, 5) is 18.5. The molecule has 0 saturated heterocycles. The number of fused-ring (bicyclic) bond motifs is 2. The molecule has 1 amide bonds. The van der Waals surface area contributed by atoms with Gasteiger partial charge in [0.05, 0.1) is 23.9 Å². The number of anilines is 1. The molecule has 0 fully saturated rings. The number of nitrogens with one attached hydrogen (secondary N) is 1. The Morgan fingerprint density at radius 2 is 2.20 bits per heavy atom. The molecule has 132 valence electrons. The van der Waals surface area contributed by atoms with Gasteiger partial charge in [-0.25, -0.2) is 4.98 Å². The quantitative estimate of drug-likeness (QED) is 0.844. The Balaban J connectivity index is 1.55. The Hall–Kier alpha value is -1.79. The molecule has 1 aromatic heterocycles. The number of thiazole rings is 1. The van der Waals surface area contributed by atoms with Crippen LogP contribution in [0.1, 0.15) is 40.7 Å². The normalized spacial score (nSPS) is 19.0. The highest BCUT2D eigenvalue weighted by Gasteiger charge is 2.22. The molecule has 7 heteroatoms. The molecule has 1 aromatic carbocycles. The highest BCUT2D eigenvalue weighted by atomic mass is 35.5. The fourth-order valence-corrected chi connectivity index (χ4v) is 4.56. The molecular weight excluding hydrogens is 360 g/mol. The standard InChI is InChI=1S/C18H19ClN2O3S/c1-10-3-4-13-15(7-10)25-18(20-13)21-17(22)11-8-12(19)16-14(9-11)23-5-2-6-24-16/h8-10H,2-7H2,1H3,(H,20,21,22)/t10-/m1/s1. The molecule has 2 aliphatic rings. The van der Waals surface area contributed by atoms with Gasteiger partial charge >= 0.3 is 0 Å². The van der Waals surface area contributed by atoms with E-state index in [-0.39, 0.29) is 5.91 Å². The van der Waals surface area contributed by atoms with Crippen molar-refractivity contribution in [1.82, 2.24) is 4.98 Å². The summed E-state index contributed by atoms with van der Waals surface area (Å²) in [7, 11) is 0. The predicted octanol–water partition coefficient (Wildman–Crippen LogP) is 4.33. The molecule has 0 radical (unpaired) electrons. The van der Waals surface area contributed by atoms with Crippen molar-refractivity contribution in [3.05, 3.63) is 33.3 Å². The summed E-state index contributed by atoms with van der Waals surface area (Å²) in [5, 5.41) is 3.92. The number of amides is 1. The predicted molar refractivity (Wildman–Crippen MR) is 98.3 cm³/mol. The van der Waals surface area contributed by atoms with Crippen LogP contribution < -0.4 is 14.8 Å². The van der Waals surface area contributed by atoms with E-state index in [2.05, 4.69) is 17.2 Å². The SMILES string of the molecule is C[C@@H]1CCc2nc(NC(=O)c3cc(Cl)c4c(c3)OCCCO4)sc2C1. The van der Waals surface area contributed by atoms with E-state index in [9.17, 15) is 4.79 Å². The first kappa shape index (κ1) is 16.7. The summed E-state index contributed by atoms with van der Waals surface area (Å²) in [6.07, 6.45) is 3.97. The largest absolute Gasteiger partial charge is 0.489 e. The molecule has 0 bridgehead atoms. The van der Waals surface area contributed by atoms with Gasteiger partial charge in [0.2, 0.25) is 0 Å². The Labute approximate surface area is 155 Å². The van der Waals surface area contributed by atoms with Crippen molar-refractivity contribution < 1.29 is 14.3 Å². The number of hydrogen-bond acceptors (Lipinski definition) is 5. The van der Waals surface area contributed by atoms with Crippen LogP contribution >= 0.6 is 22.9 Å². The van der Waals surface area contributed by atoms with Crippen LogP contribution in [0.4, 0.5) is 5.13 Å². The van der Waals surface area contributed by atoms with Crippen LogP contribution in [0.2, 0.25) is 5.02 Å². The molecular formula is C18H19ClN2O3S. The number of benzene rings is 1. The molecule has 5 nitrogen and oxygen atoms in total. The Morgan fingerprint density at radius 1 is 1.36 bits per heavy atom. The maximum Gasteiger partial charge on any atom is 0.257 e. The molecule has 0 unspecified atom stereocenters. The van der Waals surface area contributed by atoms with Crippen molar-refractivity contribution >= 4 is 34.0 Å². The third kappa shape index (κ3) is 3.46. The minimum Gasteiger partial charge on any atom is -0.489 e. The number of rotatable bonds is 2. The van der Waals surface area contributed by atoms with Gasteiger partial charge in [0, 0.05) is 16.9 Å². The van der Waals surface area contributed by atoms with Gasteiger partial charge in [-0.1, -0.05) is 18.5 Å². The maximum absolute atomic E-state index is 12.6. The lowest BCUT2D eigenvalue weighted by Crippen LogP contribution is -2.12. The molecule has 0 saturated carbocycles. The van der Waals surface area contributed by atoms with Crippen molar-refractivity contribution in [3.63, 3.8) is 0 Å². The van der Waals surface area contributed by atoms with Crippen molar-refractivity contribution in [2.45, 2.75) is 32.6 Å². The lowest BCUT2D eigenvalue weighted by atomic mass is 9.93. The summed E-state index contributed by atoms with van der Waals surface area (Å²) >= 11 is 7.83. The third-order valence-corrected chi connectivity index (χ3v) is 5.79. The number of aryl methyl sites for hydroxylation is 1. The molecule has 1 N–H and O–H groups in total. The topological polar surface area (TPSA) is 60.5 Å². The van der Waals surface area contributed by atoms with E-state index in [4.69, 9.17) is 21.1 Å². The Bertz CT molecular complexity index is 821. The third-order valence-electron chi connectivity index (χ3n) is 4.47. The molecule has 1 aliphatic heterocycles. The summed E-state index contributed by atoms with van der Waals surface area (Å²) < 4.78 is 11.2. The van der Waals surface area contributed by atoms with E-state index in [1.807, 2.05) is 0 Å². The molecule has 4 rings (SSSR count). The van der Waals surface area contributed by atoms with Crippen molar-refractivity contribution in [2.24, 2.45) is 5.92 Å². The number of aromatic nitrogens is 1. The highest BCUT2D eigenvalue weighted by molar-refractivity contribution is 7.15. The zero-order chi connectivity index (χ0) is 17.4. The number of ether oxygens (including phenoxy) is 2. The molecule has 25 heavy (non-hydrogen) atoms. The Kier molecular flexibility index (Phi) is 4.56. The second kappa shape index (κ2) is 6.84. The van der Waals surface area contributed by atoms with Gasteiger partial charge in [-0.2, -0.15) is 0 Å². The average Bonchev–Trinajstić information content (AvgIpc) is 2.81. The highest BCUT2D eigenvalue weighted by Crippen LogP contribution is 2.38. The van der Waals surface area contributed by atoms with Gasteiger partial charge in [0.15, 0.2) is 16.6 Å². The first-order valence-electron chi connectivity index (χ1n) is 8.49. The minimum atomic E-state index is -0.239. The lowest BCUT2D eigenvalue weighted by molar-refractivity contribution is 0.102. The summed E-state index contributed by atoms with van der Waals surface area (Å²) in [5.74, 6) is 1.46. The second-order valence-electron chi connectivity index (χ2n) is 6.53. The number of hydrogen-bond donors (Lipinski definition) is 1. The number of carbonyl (C=O) groups excluding carboxylic acids is 1. The van der Waals surface area contributed by atoms with Gasteiger partial charge in [0.1, 0.15) is 0 Å². The van der Waals surface area contributed by atoms with Crippen molar-refractivity contribution in [3.8, 4) is 11.5 Å². The molecule has 2 aromatic rings. The van der Waals surface area contributed by atoms with E-state index in [0.29, 0.717) is 46.3 Å². The number of halogens is 1. The smallest absolute Gasteiger partial charge is 0.257 e. The monoisotopic (exact) mass is 378 g/mol. The fourth-order valence-electron chi connectivity index (χ4n) is 3.12. The van der Waals surface area contributed by atoms with E-state index >= 15 is 0 Å². The summed E-state index contributed by atoms with van der Waals surface area (Å²) in [5.41, 5.74) is 1.56. The molecule has 0 spiro atoms. The fraction of sp³-hybridized carbons (Fsp3) is 0.444. The lowest BCUT2D eigenvalue weighted by Gasteiger charge is -2.15. The van der Waals surface area contributed by atoms with Crippen LogP contribution in [-0.4, -0.2) is 24.1 Å². The zero-order valence-electron chi connectivity index (χ0n) is 13.9. The van der Waals surface area contributed by atoms with Gasteiger partial charge < -0.3 is 9.47 Å². The minimum absolute atomic E-state index is 0.239. The van der Waals surface area contributed by atoms with Gasteiger partial charge in [0.25, 0.3) is 5.91 Å². The van der Waals surface area contributed by atoms with Crippen molar-refractivity contribution in [2.75, 3.05) is 18.5 Å².